The summed E-state index contributed by atoms with van der Waals surface area (Å²) in [4.78, 5) is 0. The standard InChI is InChI=1S/C19H31N/c1-4-20-19(13-17-8-6-5-7-9-17)14-18-12-15(2)10-11-16(18)3/h10-12,17,19-20H,4-9,13-14H2,1-3H3. The van der Waals surface area contributed by atoms with Crippen LogP contribution in [0.25, 0.3) is 0 Å². The predicted octanol–water partition coefficient (Wildman–Crippen LogP) is 4.79. The fraction of sp³-hybridized carbons (Fsp3) is 0.684. The van der Waals surface area contributed by atoms with E-state index in [0.717, 1.165) is 12.5 Å². The van der Waals surface area contributed by atoms with Gasteiger partial charge in [0.2, 0.25) is 0 Å². The third kappa shape index (κ3) is 4.63. The van der Waals surface area contributed by atoms with Crippen LogP contribution in [0.3, 0.4) is 0 Å². The van der Waals surface area contributed by atoms with Crippen LogP contribution < -0.4 is 5.32 Å². The van der Waals surface area contributed by atoms with Gasteiger partial charge in [0, 0.05) is 6.04 Å². The van der Waals surface area contributed by atoms with E-state index in [1.54, 1.807) is 0 Å². The van der Waals surface area contributed by atoms with E-state index in [2.05, 4.69) is 44.3 Å². The highest BCUT2D eigenvalue weighted by molar-refractivity contribution is 5.31. The summed E-state index contributed by atoms with van der Waals surface area (Å²) in [6, 6.07) is 7.53. The van der Waals surface area contributed by atoms with Gasteiger partial charge < -0.3 is 5.32 Å². The molecule has 0 spiro atoms. The van der Waals surface area contributed by atoms with E-state index in [4.69, 9.17) is 0 Å². The van der Waals surface area contributed by atoms with E-state index in [9.17, 15) is 0 Å². The SMILES string of the molecule is CCNC(Cc1cc(C)ccc1C)CC1CCCCC1. The number of nitrogens with one attached hydrogen (secondary N) is 1. The fourth-order valence-corrected chi connectivity index (χ4v) is 3.64. The molecule has 1 aliphatic carbocycles. The summed E-state index contributed by atoms with van der Waals surface area (Å²) in [5, 5.41) is 3.73. The Balaban J connectivity index is 1.98. The number of aryl methyl sites for hydroxylation is 2. The van der Waals surface area contributed by atoms with Gasteiger partial charge in [-0.05, 0) is 50.3 Å². The van der Waals surface area contributed by atoms with Crippen molar-refractivity contribution in [3.63, 3.8) is 0 Å². The molecule has 0 aromatic heterocycles. The van der Waals surface area contributed by atoms with E-state index in [1.165, 1.54) is 61.6 Å². The van der Waals surface area contributed by atoms with Crippen molar-refractivity contribution in [3.05, 3.63) is 34.9 Å². The molecule has 1 aromatic rings. The highest BCUT2D eigenvalue weighted by Gasteiger charge is 2.19. The Labute approximate surface area is 125 Å². The van der Waals surface area contributed by atoms with Crippen LogP contribution in [0, 0.1) is 19.8 Å². The number of rotatable bonds is 6. The molecule has 0 aliphatic heterocycles. The van der Waals surface area contributed by atoms with Crippen molar-refractivity contribution in [2.24, 2.45) is 5.92 Å². The molecular weight excluding hydrogens is 242 g/mol. The van der Waals surface area contributed by atoms with Gasteiger partial charge in [0.15, 0.2) is 0 Å². The van der Waals surface area contributed by atoms with E-state index in [0.29, 0.717) is 6.04 Å². The van der Waals surface area contributed by atoms with Crippen molar-refractivity contribution in [3.8, 4) is 0 Å². The topological polar surface area (TPSA) is 12.0 Å². The zero-order chi connectivity index (χ0) is 14.4. The molecule has 1 saturated carbocycles. The predicted molar refractivity (Wildman–Crippen MR) is 88.3 cm³/mol. The molecule has 1 aliphatic rings. The molecule has 112 valence electrons. The molecule has 0 bridgehead atoms. The van der Waals surface area contributed by atoms with Gasteiger partial charge in [0.25, 0.3) is 0 Å². The Morgan fingerprint density at radius 1 is 1.15 bits per heavy atom. The maximum Gasteiger partial charge on any atom is 0.0110 e. The maximum absolute atomic E-state index is 3.73. The fourth-order valence-electron chi connectivity index (χ4n) is 3.64. The molecule has 2 rings (SSSR count). The maximum atomic E-state index is 3.73. The lowest BCUT2D eigenvalue weighted by atomic mass is 9.83. The minimum Gasteiger partial charge on any atom is -0.314 e. The summed E-state index contributed by atoms with van der Waals surface area (Å²) in [6.07, 6.45) is 9.82. The summed E-state index contributed by atoms with van der Waals surface area (Å²) >= 11 is 0. The van der Waals surface area contributed by atoms with Crippen LogP contribution >= 0.6 is 0 Å². The second-order valence-electron chi connectivity index (χ2n) is 6.63. The Morgan fingerprint density at radius 3 is 2.60 bits per heavy atom. The molecular formula is C19H31N. The minimum atomic E-state index is 0.656. The van der Waals surface area contributed by atoms with E-state index in [1.807, 2.05) is 0 Å². The molecule has 1 N–H and O–H groups in total. The first-order valence-corrected chi connectivity index (χ1v) is 8.48. The van der Waals surface area contributed by atoms with Crippen molar-refractivity contribution < 1.29 is 0 Å². The molecule has 20 heavy (non-hydrogen) atoms. The van der Waals surface area contributed by atoms with Gasteiger partial charge in [-0.1, -0.05) is 62.8 Å². The number of benzene rings is 1. The molecule has 1 unspecified atom stereocenters. The normalized spacial score (nSPS) is 18.1. The summed E-state index contributed by atoms with van der Waals surface area (Å²) in [6.45, 7) is 7.77. The lowest BCUT2D eigenvalue weighted by Crippen LogP contribution is -2.33. The first-order chi connectivity index (χ1) is 9.69. The second kappa shape index (κ2) is 7.83. The van der Waals surface area contributed by atoms with Gasteiger partial charge in [-0.3, -0.25) is 0 Å². The van der Waals surface area contributed by atoms with Gasteiger partial charge in [-0.15, -0.1) is 0 Å². The second-order valence-corrected chi connectivity index (χ2v) is 6.63. The van der Waals surface area contributed by atoms with Crippen molar-refractivity contribution >= 4 is 0 Å². The van der Waals surface area contributed by atoms with Crippen LogP contribution in [-0.4, -0.2) is 12.6 Å². The average molecular weight is 273 g/mol. The highest BCUT2D eigenvalue weighted by atomic mass is 14.9. The third-order valence-electron chi connectivity index (χ3n) is 4.81. The molecule has 1 heteroatoms. The zero-order valence-corrected chi connectivity index (χ0v) is 13.5. The third-order valence-corrected chi connectivity index (χ3v) is 4.81. The summed E-state index contributed by atoms with van der Waals surface area (Å²) in [7, 11) is 0. The van der Waals surface area contributed by atoms with Crippen LogP contribution in [0.4, 0.5) is 0 Å². The first kappa shape index (κ1) is 15.6. The van der Waals surface area contributed by atoms with Gasteiger partial charge in [0.05, 0.1) is 0 Å². The Kier molecular flexibility index (Phi) is 6.09. The van der Waals surface area contributed by atoms with Crippen LogP contribution in [0.15, 0.2) is 18.2 Å². The van der Waals surface area contributed by atoms with Crippen molar-refractivity contribution in [1.82, 2.24) is 5.32 Å². The van der Waals surface area contributed by atoms with Gasteiger partial charge >= 0.3 is 0 Å². The van der Waals surface area contributed by atoms with E-state index < -0.39 is 0 Å². The van der Waals surface area contributed by atoms with Gasteiger partial charge in [-0.2, -0.15) is 0 Å². The summed E-state index contributed by atoms with van der Waals surface area (Å²) in [5.74, 6) is 0.956. The minimum absolute atomic E-state index is 0.656. The molecule has 1 nitrogen and oxygen atoms in total. The molecule has 1 fully saturated rings. The molecule has 0 heterocycles. The molecule has 1 atom stereocenters. The number of hydrogen-bond acceptors (Lipinski definition) is 1. The van der Waals surface area contributed by atoms with Crippen LogP contribution in [0.5, 0.6) is 0 Å². The number of likely N-dealkylation sites (N-methyl/N-ethyl adjacent to an activating group) is 1. The monoisotopic (exact) mass is 273 g/mol. The molecule has 0 radical (unpaired) electrons. The van der Waals surface area contributed by atoms with Crippen molar-refractivity contribution in [2.75, 3.05) is 6.54 Å². The van der Waals surface area contributed by atoms with Crippen LogP contribution in [0.1, 0.15) is 62.1 Å². The summed E-state index contributed by atoms with van der Waals surface area (Å²) in [5.41, 5.74) is 4.37. The molecule has 0 amide bonds. The van der Waals surface area contributed by atoms with Crippen LogP contribution in [-0.2, 0) is 6.42 Å². The lowest BCUT2D eigenvalue weighted by Gasteiger charge is -2.27. The van der Waals surface area contributed by atoms with Crippen molar-refractivity contribution in [2.45, 2.75) is 71.8 Å². The Morgan fingerprint density at radius 2 is 1.90 bits per heavy atom. The van der Waals surface area contributed by atoms with E-state index >= 15 is 0 Å². The molecule has 1 aromatic carbocycles. The summed E-state index contributed by atoms with van der Waals surface area (Å²) < 4.78 is 0. The lowest BCUT2D eigenvalue weighted by molar-refractivity contribution is 0.298. The van der Waals surface area contributed by atoms with Gasteiger partial charge in [-0.25, -0.2) is 0 Å². The average Bonchev–Trinajstić information content (AvgIpc) is 2.44. The number of hydrogen-bond donors (Lipinski definition) is 1. The van der Waals surface area contributed by atoms with E-state index in [-0.39, 0.29) is 0 Å². The Hall–Kier alpha value is -0.820. The molecule has 0 saturated heterocycles. The van der Waals surface area contributed by atoms with Gasteiger partial charge in [0.1, 0.15) is 0 Å². The highest BCUT2D eigenvalue weighted by Crippen LogP contribution is 2.28. The smallest absolute Gasteiger partial charge is 0.0110 e. The largest absolute Gasteiger partial charge is 0.314 e. The zero-order valence-electron chi connectivity index (χ0n) is 13.5. The van der Waals surface area contributed by atoms with Crippen LogP contribution in [0.2, 0.25) is 0 Å². The quantitative estimate of drug-likeness (QED) is 0.785. The first-order valence-electron chi connectivity index (χ1n) is 8.48. The van der Waals surface area contributed by atoms with Crippen molar-refractivity contribution in [1.29, 1.82) is 0 Å². The Bertz CT molecular complexity index is 404.